The smallest absolute Gasteiger partial charge is 0.256 e. The van der Waals surface area contributed by atoms with E-state index in [1.807, 2.05) is 24.4 Å². The fraction of sp³-hybridized carbons (Fsp3) is 0.200. The van der Waals surface area contributed by atoms with Gasteiger partial charge < -0.3 is 25.4 Å². The Kier molecular flexibility index (Phi) is 4.18. The number of nitrogens with zero attached hydrogens (tertiary/aromatic N) is 2. The Morgan fingerprint density at radius 3 is 2.70 bits per heavy atom. The topological polar surface area (TPSA) is 101 Å². The summed E-state index contributed by atoms with van der Waals surface area (Å²) in [6.45, 7) is 3.16. The number of hydrogen-bond donors (Lipinski definition) is 4. The summed E-state index contributed by atoms with van der Waals surface area (Å²) in [4.78, 5) is 21.4. The quantitative estimate of drug-likeness (QED) is 0.421. The third-order valence-corrected chi connectivity index (χ3v) is 4.67. The lowest BCUT2D eigenvalue weighted by molar-refractivity contribution is -0.110. The van der Waals surface area contributed by atoms with Crippen LogP contribution in [0, 0.1) is 0 Å². The number of aromatic amines is 1. The maximum absolute atomic E-state index is 12.5. The summed E-state index contributed by atoms with van der Waals surface area (Å²) in [6, 6.07) is 9.13. The van der Waals surface area contributed by atoms with Gasteiger partial charge >= 0.3 is 0 Å². The van der Waals surface area contributed by atoms with Crippen molar-refractivity contribution in [3.63, 3.8) is 0 Å². The number of H-pyrrole nitrogens is 1. The highest BCUT2D eigenvalue weighted by Gasteiger charge is 2.27. The number of carbonyl (C=O) groups is 1. The number of nitrogens with one attached hydrogen (secondary N) is 2. The van der Waals surface area contributed by atoms with Crippen LogP contribution < -0.4 is 10.2 Å². The monoisotopic (exact) mass is 364 g/mol. The van der Waals surface area contributed by atoms with E-state index in [2.05, 4.69) is 15.3 Å². The van der Waals surface area contributed by atoms with Gasteiger partial charge in [0.15, 0.2) is 0 Å². The van der Waals surface area contributed by atoms with Crippen LogP contribution in [0.25, 0.3) is 22.7 Å². The summed E-state index contributed by atoms with van der Waals surface area (Å²) in [5.74, 6) is -0.193. The minimum absolute atomic E-state index is 0.193. The van der Waals surface area contributed by atoms with Gasteiger partial charge in [0.1, 0.15) is 18.1 Å². The molecule has 4 rings (SSSR count). The molecule has 0 saturated carbocycles. The van der Waals surface area contributed by atoms with Crippen molar-refractivity contribution in [1.82, 2.24) is 9.97 Å². The molecule has 4 N–H and O–H groups in total. The molecule has 2 aromatic heterocycles. The Hall–Kier alpha value is -3.16. The van der Waals surface area contributed by atoms with Crippen LogP contribution in [0.4, 0.5) is 11.4 Å². The molecule has 0 saturated heterocycles. The summed E-state index contributed by atoms with van der Waals surface area (Å²) in [6.07, 6.45) is 3.60. The zero-order chi connectivity index (χ0) is 19.1. The van der Waals surface area contributed by atoms with Crippen molar-refractivity contribution in [3.8, 4) is 0 Å². The second-order valence-electron chi connectivity index (χ2n) is 6.56. The van der Waals surface area contributed by atoms with Gasteiger partial charge in [0.25, 0.3) is 5.91 Å². The van der Waals surface area contributed by atoms with Crippen molar-refractivity contribution in [2.45, 2.75) is 26.3 Å². The number of benzene rings is 1. The Morgan fingerprint density at radius 2 is 1.96 bits per heavy atom. The van der Waals surface area contributed by atoms with Crippen molar-refractivity contribution < 1.29 is 15.0 Å². The molecule has 0 bridgehead atoms. The first-order chi connectivity index (χ1) is 13.0. The average Bonchev–Trinajstić information content (AvgIpc) is 3.16. The lowest BCUT2D eigenvalue weighted by atomic mass is 10.0. The first kappa shape index (κ1) is 17.3. The second-order valence-corrected chi connectivity index (χ2v) is 6.56. The molecule has 1 aromatic carbocycles. The fourth-order valence-electron chi connectivity index (χ4n) is 3.48. The van der Waals surface area contributed by atoms with Crippen molar-refractivity contribution in [2.75, 3.05) is 10.2 Å². The number of fused-ring (bicyclic) bond motifs is 2. The van der Waals surface area contributed by atoms with E-state index in [0.717, 1.165) is 22.2 Å². The Bertz CT molecular complexity index is 1040. The van der Waals surface area contributed by atoms with Crippen molar-refractivity contribution >= 4 is 40.0 Å². The van der Waals surface area contributed by atoms with E-state index in [4.69, 9.17) is 0 Å². The number of carbonyl (C=O) groups excluding carboxylic acids is 1. The molecule has 3 aromatic rings. The minimum Gasteiger partial charge on any atom is -0.374 e. The molecule has 1 aliphatic heterocycles. The normalized spacial score (nSPS) is 17.0. The Morgan fingerprint density at radius 1 is 1.19 bits per heavy atom. The molecule has 1 aliphatic rings. The predicted octanol–water partition coefficient (Wildman–Crippen LogP) is 2.54. The van der Waals surface area contributed by atoms with Gasteiger partial charge in [-0.2, -0.15) is 0 Å². The van der Waals surface area contributed by atoms with Crippen LogP contribution in [0.15, 0.2) is 42.7 Å². The summed E-state index contributed by atoms with van der Waals surface area (Å²) in [5, 5.41) is 23.8. The summed E-state index contributed by atoms with van der Waals surface area (Å²) in [5.41, 5.74) is 4.19. The van der Waals surface area contributed by atoms with Crippen LogP contribution in [0.2, 0.25) is 0 Å². The zero-order valence-corrected chi connectivity index (χ0v) is 15.0. The van der Waals surface area contributed by atoms with Gasteiger partial charge in [-0.25, -0.2) is 4.98 Å². The molecular formula is C20H20N4O3. The zero-order valence-electron chi connectivity index (χ0n) is 15.0. The van der Waals surface area contributed by atoms with Gasteiger partial charge in [-0.15, -0.1) is 0 Å². The van der Waals surface area contributed by atoms with Crippen LogP contribution in [-0.4, -0.2) is 38.5 Å². The van der Waals surface area contributed by atoms with Crippen molar-refractivity contribution in [1.29, 1.82) is 0 Å². The number of amides is 1. The molecular weight excluding hydrogens is 344 g/mol. The van der Waals surface area contributed by atoms with Gasteiger partial charge in [0, 0.05) is 45.9 Å². The van der Waals surface area contributed by atoms with Gasteiger partial charge in [0.2, 0.25) is 0 Å². The van der Waals surface area contributed by atoms with Gasteiger partial charge in [-0.3, -0.25) is 4.79 Å². The lowest BCUT2D eigenvalue weighted by Crippen LogP contribution is -2.40. The highest BCUT2D eigenvalue weighted by molar-refractivity contribution is 6.35. The Balaban J connectivity index is 1.81. The molecule has 0 radical (unpaired) electrons. The summed E-state index contributed by atoms with van der Waals surface area (Å²) >= 11 is 0. The maximum Gasteiger partial charge on any atom is 0.256 e. The van der Waals surface area contributed by atoms with Crippen LogP contribution in [0.1, 0.15) is 25.0 Å². The molecule has 1 amide bonds. The summed E-state index contributed by atoms with van der Waals surface area (Å²) in [7, 11) is 0. The molecule has 2 atom stereocenters. The number of pyridine rings is 1. The van der Waals surface area contributed by atoms with Crippen LogP contribution in [-0.2, 0) is 4.79 Å². The van der Waals surface area contributed by atoms with Crippen LogP contribution in [0.5, 0.6) is 0 Å². The van der Waals surface area contributed by atoms with E-state index >= 15 is 0 Å². The molecule has 7 heteroatoms. The highest BCUT2D eigenvalue weighted by atomic mass is 16.3. The minimum atomic E-state index is -0.875. The maximum atomic E-state index is 12.5. The summed E-state index contributed by atoms with van der Waals surface area (Å²) < 4.78 is 0. The molecule has 3 heterocycles. The molecule has 27 heavy (non-hydrogen) atoms. The van der Waals surface area contributed by atoms with Crippen molar-refractivity contribution in [2.24, 2.45) is 0 Å². The largest absolute Gasteiger partial charge is 0.374 e. The number of aliphatic hydroxyl groups is 2. The van der Waals surface area contributed by atoms with E-state index in [1.165, 1.54) is 4.90 Å². The number of aromatic nitrogens is 2. The predicted molar refractivity (Wildman–Crippen MR) is 105 cm³/mol. The van der Waals surface area contributed by atoms with E-state index in [0.29, 0.717) is 16.9 Å². The number of rotatable bonds is 4. The van der Waals surface area contributed by atoms with Crippen LogP contribution >= 0.6 is 0 Å². The standard InChI is InChI=1S/C20H20N4O3/c1-11(25)24(12(2)26)14-5-6-18-16(9-14)17(20(27)23-18)8-13-10-22-19-15(13)4-3-7-21-19/h3-12,25-26H,1-2H3,(H,21,22)(H,23,27). The van der Waals surface area contributed by atoms with E-state index < -0.39 is 12.5 Å². The lowest BCUT2D eigenvalue weighted by Gasteiger charge is -2.30. The van der Waals surface area contributed by atoms with E-state index in [1.54, 1.807) is 38.2 Å². The van der Waals surface area contributed by atoms with E-state index in [9.17, 15) is 15.0 Å². The number of anilines is 2. The number of hydrogen-bond acceptors (Lipinski definition) is 5. The Labute approximate surface area is 156 Å². The first-order valence-electron chi connectivity index (χ1n) is 8.70. The molecule has 0 aliphatic carbocycles. The highest BCUT2D eigenvalue weighted by Crippen LogP contribution is 2.37. The molecule has 2 unspecified atom stereocenters. The van der Waals surface area contributed by atoms with Gasteiger partial charge in [-0.1, -0.05) is 0 Å². The van der Waals surface area contributed by atoms with Gasteiger partial charge in [0.05, 0.1) is 0 Å². The number of aliphatic hydroxyl groups excluding tert-OH is 2. The second kappa shape index (κ2) is 6.53. The fourth-order valence-corrected chi connectivity index (χ4v) is 3.48. The molecule has 0 spiro atoms. The average molecular weight is 364 g/mol. The van der Waals surface area contributed by atoms with E-state index in [-0.39, 0.29) is 5.91 Å². The van der Waals surface area contributed by atoms with Crippen molar-refractivity contribution in [3.05, 3.63) is 53.9 Å². The third kappa shape index (κ3) is 2.97. The molecule has 0 fully saturated rings. The van der Waals surface area contributed by atoms with Crippen LogP contribution in [0.3, 0.4) is 0 Å². The molecule has 138 valence electrons. The molecule has 7 nitrogen and oxygen atoms in total. The van der Waals surface area contributed by atoms with Gasteiger partial charge in [-0.05, 0) is 50.3 Å². The third-order valence-electron chi connectivity index (χ3n) is 4.67. The SMILES string of the molecule is CC(O)N(c1ccc2c(c1)C(=Cc1c[nH]c3ncccc13)C(=O)N2)C(C)O. The first-order valence-corrected chi connectivity index (χ1v) is 8.70.